The Hall–Kier alpha value is -1.94. The zero-order valence-electron chi connectivity index (χ0n) is 67.5. The summed E-state index contributed by atoms with van der Waals surface area (Å²) in [6, 6.07) is 0. The molecule has 0 aromatic carbocycles. The summed E-state index contributed by atoms with van der Waals surface area (Å²) in [7, 11) is -9.92. The maximum Gasteiger partial charge on any atom is 0.472 e. The summed E-state index contributed by atoms with van der Waals surface area (Å²) in [6.07, 6.45) is 69.4. The van der Waals surface area contributed by atoms with E-state index in [-0.39, 0.29) is 25.7 Å². The number of hydrogen-bond donors (Lipinski definition) is 3. The summed E-state index contributed by atoms with van der Waals surface area (Å²) in [5.74, 6) is -1.28. The van der Waals surface area contributed by atoms with Gasteiger partial charge in [0.25, 0.3) is 0 Å². The number of esters is 4. The minimum atomic E-state index is -4.96. The summed E-state index contributed by atoms with van der Waals surface area (Å²) < 4.78 is 68.8. The number of phosphoric ester groups is 2. The third-order valence-electron chi connectivity index (χ3n) is 19.8. The molecule has 2 unspecified atom stereocenters. The number of carbonyl (C=O) groups is 4. The van der Waals surface area contributed by atoms with Crippen molar-refractivity contribution in [2.75, 3.05) is 39.6 Å². The first-order valence-electron chi connectivity index (χ1n) is 43.6. The highest BCUT2D eigenvalue weighted by Gasteiger charge is 2.30. The summed E-state index contributed by atoms with van der Waals surface area (Å²) >= 11 is 0. The third-order valence-corrected chi connectivity index (χ3v) is 21.7. The molecule has 19 heteroatoms. The molecule has 0 aromatic heterocycles. The Labute approximate surface area is 632 Å². The Morgan fingerprint density at radius 3 is 0.660 bits per heavy atom. The maximum atomic E-state index is 13.1. The largest absolute Gasteiger partial charge is 0.472 e. The molecule has 0 saturated heterocycles. The molecule has 0 fully saturated rings. The van der Waals surface area contributed by atoms with Gasteiger partial charge in [-0.1, -0.05) is 401 Å². The monoisotopic (exact) mass is 1510 g/mol. The van der Waals surface area contributed by atoms with E-state index in [0.29, 0.717) is 25.7 Å². The first kappa shape index (κ1) is 101. The molecule has 0 rings (SSSR count). The lowest BCUT2D eigenvalue weighted by Gasteiger charge is -2.21. The molecule has 0 heterocycles. The van der Waals surface area contributed by atoms with Crippen LogP contribution in [0.2, 0.25) is 0 Å². The fourth-order valence-corrected chi connectivity index (χ4v) is 14.7. The van der Waals surface area contributed by atoms with Crippen LogP contribution in [0.4, 0.5) is 0 Å². The molecule has 0 aliphatic rings. The standard InChI is InChI=1S/C84H164O17P2/c1-6-9-12-15-18-21-24-26-27-28-29-33-36-39-44-48-53-58-63-68-82(87)95-74-80(101-84(89)70-65-60-55-50-45-40-37-34-31-30-32-35-38-42-46-51-56-61-66-77(4)5)76-99-103(92,93)97-72-78(85)71-96-102(90,91)98-75-79(73-94-81(86)67-62-57-52-47-41-23-20-17-14-11-8-3)100-83(88)69-64-59-54-49-43-25-22-19-16-13-10-7-2/h77-80,85H,6-76H2,1-5H3,(H,90,91)(H,92,93)/t78-,79+,80+/m0/s1. The first-order chi connectivity index (χ1) is 50.0. The molecule has 612 valence electrons. The van der Waals surface area contributed by atoms with Crippen LogP contribution in [0.3, 0.4) is 0 Å². The van der Waals surface area contributed by atoms with Gasteiger partial charge >= 0.3 is 39.5 Å². The SMILES string of the molecule is CCCCCCCCCCCCCCCCCCCCCC(=O)OC[C@H](COP(=O)(O)OC[C@@H](O)COP(=O)(O)OC[C@@H](COC(=O)CCCCCCCCCCCCC)OC(=O)CCCCCCCCCCCCCC)OC(=O)CCCCCCCCCCCCCCCCCCCCC(C)C. The average Bonchev–Trinajstić information content (AvgIpc) is 0.940. The quantitative estimate of drug-likeness (QED) is 0.0222. The molecule has 103 heavy (non-hydrogen) atoms. The van der Waals surface area contributed by atoms with Gasteiger partial charge in [0.1, 0.15) is 19.3 Å². The zero-order valence-corrected chi connectivity index (χ0v) is 69.3. The number of rotatable bonds is 84. The van der Waals surface area contributed by atoms with Crippen molar-refractivity contribution in [1.82, 2.24) is 0 Å². The van der Waals surface area contributed by atoms with E-state index in [1.165, 1.54) is 276 Å². The van der Waals surface area contributed by atoms with Gasteiger partial charge in [0.15, 0.2) is 12.2 Å². The molecule has 0 bridgehead atoms. The lowest BCUT2D eigenvalue weighted by molar-refractivity contribution is -0.161. The van der Waals surface area contributed by atoms with Crippen LogP contribution >= 0.6 is 15.6 Å². The Bertz CT molecular complexity index is 1960. The molecule has 0 radical (unpaired) electrons. The van der Waals surface area contributed by atoms with E-state index in [0.717, 1.165) is 95.8 Å². The number of hydrogen-bond acceptors (Lipinski definition) is 15. The van der Waals surface area contributed by atoms with Crippen molar-refractivity contribution in [1.29, 1.82) is 0 Å². The van der Waals surface area contributed by atoms with Crippen LogP contribution in [0, 0.1) is 5.92 Å². The van der Waals surface area contributed by atoms with Crippen LogP contribution in [0.1, 0.15) is 452 Å². The van der Waals surface area contributed by atoms with Gasteiger partial charge in [-0.05, 0) is 31.6 Å². The Kier molecular flexibility index (Phi) is 75.4. The van der Waals surface area contributed by atoms with Gasteiger partial charge in [-0.2, -0.15) is 0 Å². The highest BCUT2D eigenvalue weighted by Crippen LogP contribution is 2.45. The second kappa shape index (κ2) is 76.8. The van der Waals surface area contributed by atoms with Gasteiger partial charge in [-0.3, -0.25) is 37.3 Å². The molecule has 5 atom stereocenters. The van der Waals surface area contributed by atoms with Crippen LogP contribution in [0.5, 0.6) is 0 Å². The van der Waals surface area contributed by atoms with Gasteiger partial charge in [0.2, 0.25) is 0 Å². The van der Waals surface area contributed by atoms with Crippen LogP contribution in [-0.4, -0.2) is 96.7 Å². The summed E-state index contributed by atoms with van der Waals surface area (Å²) in [5, 5.41) is 10.7. The average molecular weight is 1510 g/mol. The molecule has 0 aromatic rings. The van der Waals surface area contributed by atoms with Crippen molar-refractivity contribution in [2.45, 2.75) is 470 Å². The van der Waals surface area contributed by atoms with E-state index < -0.39 is 97.5 Å². The number of unbranched alkanes of at least 4 members (excludes halogenated alkanes) is 56. The molecule has 0 amide bonds. The third kappa shape index (κ3) is 78.0. The number of carbonyl (C=O) groups excluding carboxylic acids is 4. The Morgan fingerprint density at radius 1 is 0.262 bits per heavy atom. The first-order valence-corrected chi connectivity index (χ1v) is 46.6. The fourth-order valence-electron chi connectivity index (χ4n) is 13.1. The highest BCUT2D eigenvalue weighted by molar-refractivity contribution is 7.47. The lowest BCUT2D eigenvalue weighted by Crippen LogP contribution is -2.30. The van der Waals surface area contributed by atoms with Crippen molar-refractivity contribution in [3.63, 3.8) is 0 Å². The number of phosphoric acid groups is 2. The molecular formula is C84H164O17P2. The van der Waals surface area contributed by atoms with E-state index in [9.17, 15) is 43.2 Å². The smallest absolute Gasteiger partial charge is 0.462 e. The molecule has 0 aliphatic carbocycles. The van der Waals surface area contributed by atoms with E-state index in [4.69, 9.17) is 37.0 Å². The van der Waals surface area contributed by atoms with Crippen LogP contribution < -0.4 is 0 Å². The second-order valence-electron chi connectivity index (χ2n) is 30.7. The molecular weight excluding hydrogens is 1340 g/mol. The molecule has 0 aliphatic heterocycles. The van der Waals surface area contributed by atoms with Crippen LogP contribution in [0.15, 0.2) is 0 Å². The van der Waals surface area contributed by atoms with Crippen LogP contribution in [0.25, 0.3) is 0 Å². The van der Waals surface area contributed by atoms with Gasteiger partial charge < -0.3 is 33.8 Å². The van der Waals surface area contributed by atoms with Gasteiger partial charge in [-0.15, -0.1) is 0 Å². The molecule has 3 N–H and O–H groups in total. The predicted octanol–water partition coefficient (Wildman–Crippen LogP) is 25.6. The Morgan fingerprint density at radius 2 is 0.447 bits per heavy atom. The van der Waals surface area contributed by atoms with Gasteiger partial charge in [-0.25, -0.2) is 9.13 Å². The fraction of sp³-hybridized carbons (Fsp3) is 0.952. The molecule has 17 nitrogen and oxygen atoms in total. The van der Waals surface area contributed by atoms with E-state index in [2.05, 4.69) is 34.6 Å². The van der Waals surface area contributed by atoms with Gasteiger partial charge in [0, 0.05) is 25.7 Å². The van der Waals surface area contributed by atoms with E-state index >= 15 is 0 Å². The van der Waals surface area contributed by atoms with Gasteiger partial charge in [0.05, 0.1) is 26.4 Å². The van der Waals surface area contributed by atoms with Crippen molar-refractivity contribution in [3.05, 3.63) is 0 Å². The normalized spacial score (nSPS) is 13.8. The number of ether oxygens (including phenoxy) is 4. The minimum absolute atomic E-state index is 0.108. The number of aliphatic hydroxyl groups is 1. The predicted molar refractivity (Wildman–Crippen MR) is 423 cm³/mol. The van der Waals surface area contributed by atoms with Crippen molar-refractivity contribution in [2.24, 2.45) is 5.92 Å². The lowest BCUT2D eigenvalue weighted by atomic mass is 10.0. The topological polar surface area (TPSA) is 237 Å². The Balaban J connectivity index is 5.21. The maximum absolute atomic E-state index is 13.1. The van der Waals surface area contributed by atoms with Crippen LogP contribution in [-0.2, 0) is 65.4 Å². The van der Waals surface area contributed by atoms with Crippen molar-refractivity contribution in [3.8, 4) is 0 Å². The second-order valence-corrected chi connectivity index (χ2v) is 33.6. The van der Waals surface area contributed by atoms with Crippen molar-refractivity contribution < 1.29 is 80.2 Å². The minimum Gasteiger partial charge on any atom is -0.462 e. The van der Waals surface area contributed by atoms with Crippen molar-refractivity contribution >= 4 is 39.5 Å². The van der Waals surface area contributed by atoms with E-state index in [1.54, 1.807) is 0 Å². The highest BCUT2D eigenvalue weighted by atomic mass is 31.2. The molecule has 0 spiro atoms. The summed E-state index contributed by atoms with van der Waals surface area (Å²) in [4.78, 5) is 73.1. The van der Waals surface area contributed by atoms with E-state index in [1.807, 2.05) is 0 Å². The molecule has 0 saturated carbocycles. The summed E-state index contributed by atoms with van der Waals surface area (Å²) in [5.41, 5.74) is 0. The summed E-state index contributed by atoms with van der Waals surface area (Å²) in [6.45, 7) is 7.38. The zero-order chi connectivity index (χ0) is 75.5. The number of aliphatic hydroxyl groups excluding tert-OH is 1.